The molecule has 1 saturated carbocycles. The highest BCUT2D eigenvalue weighted by Gasteiger charge is 2.56. The number of likely N-dealkylation sites (tertiary alicyclic amines) is 1. The number of nitrogens with zero attached hydrogens (tertiary/aromatic N) is 1. The van der Waals surface area contributed by atoms with Crippen molar-refractivity contribution in [2.75, 3.05) is 0 Å². The monoisotopic (exact) mass is 281 g/mol. The number of fused-ring (bicyclic) bond motifs is 1. The number of hydrogen-bond donors (Lipinski definition) is 0. The van der Waals surface area contributed by atoms with E-state index in [0.29, 0.717) is 6.54 Å². The third kappa shape index (κ3) is 1.80. The van der Waals surface area contributed by atoms with E-state index in [1.807, 2.05) is 31.2 Å². The van der Waals surface area contributed by atoms with Gasteiger partial charge in [-0.25, -0.2) is 0 Å². The quantitative estimate of drug-likeness (QED) is 0.617. The second-order valence-corrected chi connectivity index (χ2v) is 6.53. The summed E-state index contributed by atoms with van der Waals surface area (Å²) in [4.78, 5) is 27.0. The fourth-order valence-electron chi connectivity index (χ4n) is 4.25. The zero-order chi connectivity index (χ0) is 14.6. The van der Waals surface area contributed by atoms with Crippen LogP contribution in [-0.2, 0) is 16.1 Å². The summed E-state index contributed by atoms with van der Waals surface area (Å²) < 4.78 is 0. The van der Waals surface area contributed by atoms with Crippen LogP contribution in [0.1, 0.15) is 24.0 Å². The Hall–Kier alpha value is -1.90. The van der Waals surface area contributed by atoms with Gasteiger partial charge in [0.25, 0.3) is 0 Å². The van der Waals surface area contributed by atoms with Crippen molar-refractivity contribution in [1.82, 2.24) is 4.90 Å². The van der Waals surface area contributed by atoms with Crippen molar-refractivity contribution in [2.45, 2.75) is 26.3 Å². The molecule has 1 aromatic carbocycles. The summed E-state index contributed by atoms with van der Waals surface area (Å²) in [6.45, 7) is 2.45. The summed E-state index contributed by atoms with van der Waals surface area (Å²) in [7, 11) is 0. The van der Waals surface area contributed by atoms with Crippen molar-refractivity contribution in [3.63, 3.8) is 0 Å². The van der Waals surface area contributed by atoms with Gasteiger partial charge in [0.2, 0.25) is 11.8 Å². The number of aryl methyl sites for hydroxylation is 1. The third-order valence-corrected chi connectivity index (χ3v) is 5.44. The van der Waals surface area contributed by atoms with Crippen molar-refractivity contribution in [2.24, 2.45) is 23.7 Å². The molecule has 0 unspecified atom stereocenters. The second kappa shape index (κ2) is 4.55. The van der Waals surface area contributed by atoms with Crippen LogP contribution in [0.5, 0.6) is 0 Å². The first kappa shape index (κ1) is 12.8. The molecule has 5 rings (SSSR count). The van der Waals surface area contributed by atoms with Gasteiger partial charge in [0.05, 0.1) is 18.4 Å². The van der Waals surface area contributed by atoms with E-state index in [-0.39, 0.29) is 35.5 Å². The van der Waals surface area contributed by atoms with Gasteiger partial charge in [-0.1, -0.05) is 36.4 Å². The molecule has 3 nitrogen and oxygen atoms in total. The molecule has 108 valence electrons. The van der Waals surface area contributed by atoms with E-state index in [2.05, 4.69) is 12.2 Å². The highest BCUT2D eigenvalue weighted by Crippen LogP contribution is 2.49. The molecule has 1 saturated heterocycles. The summed E-state index contributed by atoms with van der Waals surface area (Å²) >= 11 is 0. The van der Waals surface area contributed by atoms with Gasteiger partial charge in [0, 0.05) is 0 Å². The molecule has 1 aromatic rings. The molecular weight excluding hydrogens is 262 g/mol. The molecule has 2 bridgehead atoms. The molecule has 4 atom stereocenters. The van der Waals surface area contributed by atoms with E-state index in [1.165, 1.54) is 4.90 Å². The Morgan fingerprint density at radius 2 is 1.57 bits per heavy atom. The molecule has 3 aliphatic carbocycles. The lowest BCUT2D eigenvalue weighted by atomic mass is 9.63. The molecular formula is C18H19NO2. The van der Waals surface area contributed by atoms with Crippen LogP contribution in [0.3, 0.4) is 0 Å². The average molecular weight is 281 g/mol. The maximum Gasteiger partial charge on any atom is 0.234 e. The molecule has 21 heavy (non-hydrogen) atoms. The Morgan fingerprint density at radius 3 is 2.10 bits per heavy atom. The van der Waals surface area contributed by atoms with Crippen molar-refractivity contribution in [3.05, 3.63) is 47.5 Å². The van der Waals surface area contributed by atoms with Crippen molar-refractivity contribution in [3.8, 4) is 0 Å². The number of carbonyl (C=O) groups is 2. The van der Waals surface area contributed by atoms with Crippen LogP contribution in [0.2, 0.25) is 0 Å². The molecule has 0 aromatic heterocycles. The minimum atomic E-state index is -0.0923. The predicted molar refractivity (Wildman–Crippen MR) is 79.1 cm³/mol. The average Bonchev–Trinajstić information content (AvgIpc) is 2.78. The van der Waals surface area contributed by atoms with Gasteiger partial charge in [-0.05, 0) is 42.7 Å². The molecule has 1 heterocycles. The standard InChI is InChI=1S/C18H19NO2/c1-11-4-2-3-5-14(11)10-19-17(20)15-12-6-7-13(9-8-12)16(15)18(19)21/h2-7,12-13,15-16H,8-10H2,1H3/t12-,13-,15-,16+/m1/s1. The Balaban J connectivity index is 1.65. The number of amides is 2. The Labute approximate surface area is 124 Å². The van der Waals surface area contributed by atoms with Crippen LogP contribution in [0.15, 0.2) is 36.4 Å². The maximum absolute atomic E-state index is 12.7. The number of rotatable bonds is 2. The minimum absolute atomic E-state index is 0.0484. The maximum atomic E-state index is 12.7. The predicted octanol–water partition coefficient (Wildman–Crippen LogP) is 2.69. The molecule has 0 N–H and O–H groups in total. The van der Waals surface area contributed by atoms with E-state index < -0.39 is 0 Å². The summed E-state index contributed by atoms with van der Waals surface area (Å²) in [5, 5.41) is 0. The van der Waals surface area contributed by atoms with Crippen LogP contribution in [0, 0.1) is 30.6 Å². The van der Waals surface area contributed by atoms with Crippen LogP contribution >= 0.6 is 0 Å². The van der Waals surface area contributed by atoms with Gasteiger partial charge in [-0.3, -0.25) is 14.5 Å². The van der Waals surface area contributed by atoms with E-state index in [1.54, 1.807) is 0 Å². The largest absolute Gasteiger partial charge is 0.278 e. The first-order valence-electron chi connectivity index (χ1n) is 7.75. The van der Waals surface area contributed by atoms with E-state index in [9.17, 15) is 9.59 Å². The molecule has 2 fully saturated rings. The summed E-state index contributed by atoms with van der Waals surface area (Å²) in [5.41, 5.74) is 2.20. The van der Waals surface area contributed by atoms with Gasteiger partial charge in [0.15, 0.2) is 0 Å². The number of imide groups is 1. The fraction of sp³-hybridized carbons (Fsp3) is 0.444. The third-order valence-electron chi connectivity index (χ3n) is 5.44. The summed E-state index contributed by atoms with van der Waals surface area (Å²) in [5.74, 6) is 0.465. The van der Waals surface area contributed by atoms with Gasteiger partial charge >= 0.3 is 0 Å². The van der Waals surface area contributed by atoms with Gasteiger partial charge in [0.1, 0.15) is 0 Å². The number of allylic oxidation sites excluding steroid dienone is 2. The Morgan fingerprint density at radius 1 is 1.00 bits per heavy atom. The molecule has 0 radical (unpaired) electrons. The molecule has 0 spiro atoms. The summed E-state index contributed by atoms with van der Waals surface area (Å²) in [6, 6.07) is 7.98. The van der Waals surface area contributed by atoms with E-state index in [0.717, 1.165) is 24.0 Å². The van der Waals surface area contributed by atoms with E-state index in [4.69, 9.17) is 0 Å². The van der Waals surface area contributed by atoms with Crippen LogP contribution < -0.4 is 0 Å². The van der Waals surface area contributed by atoms with Gasteiger partial charge in [-0.2, -0.15) is 0 Å². The number of carbonyl (C=O) groups excluding carboxylic acids is 2. The lowest BCUT2D eigenvalue weighted by molar-refractivity contribution is -0.140. The highest BCUT2D eigenvalue weighted by molar-refractivity contribution is 6.06. The molecule has 2 amide bonds. The van der Waals surface area contributed by atoms with E-state index >= 15 is 0 Å². The van der Waals surface area contributed by atoms with Crippen LogP contribution in [0.25, 0.3) is 0 Å². The topological polar surface area (TPSA) is 37.4 Å². The first-order valence-corrected chi connectivity index (χ1v) is 7.75. The first-order chi connectivity index (χ1) is 10.2. The zero-order valence-electron chi connectivity index (χ0n) is 12.2. The smallest absolute Gasteiger partial charge is 0.234 e. The molecule has 1 aliphatic heterocycles. The number of benzene rings is 1. The molecule has 3 heteroatoms. The van der Waals surface area contributed by atoms with Crippen molar-refractivity contribution in [1.29, 1.82) is 0 Å². The van der Waals surface area contributed by atoms with Gasteiger partial charge in [-0.15, -0.1) is 0 Å². The Bertz CT molecular complexity index is 616. The second-order valence-electron chi connectivity index (χ2n) is 6.53. The zero-order valence-corrected chi connectivity index (χ0v) is 12.2. The minimum Gasteiger partial charge on any atom is -0.278 e. The number of hydrogen-bond acceptors (Lipinski definition) is 2. The van der Waals surface area contributed by atoms with Gasteiger partial charge < -0.3 is 0 Å². The Kier molecular flexibility index (Phi) is 2.78. The van der Waals surface area contributed by atoms with Crippen LogP contribution in [0.4, 0.5) is 0 Å². The highest BCUT2D eigenvalue weighted by atomic mass is 16.2. The SMILES string of the molecule is Cc1ccccc1CN1C(=O)[C@@H]2[C@H](C1=O)[C@@H]1C=C[C@@H]2CC1. The van der Waals surface area contributed by atoms with Crippen molar-refractivity contribution >= 4 is 11.8 Å². The lowest BCUT2D eigenvalue weighted by Crippen LogP contribution is -2.38. The lowest BCUT2D eigenvalue weighted by Gasteiger charge is -2.38. The normalized spacial score (nSPS) is 33.7. The molecule has 4 aliphatic rings. The van der Waals surface area contributed by atoms with Crippen LogP contribution in [-0.4, -0.2) is 16.7 Å². The fourth-order valence-corrected chi connectivity index (χ4v) is 4.25. The summed E-state index contributed by atoms with van der Waals surface area (Å²) in [6.07, 6.45) is 6.44. The van der Waals surface area contributed by atoms with Crippen molar-refractivity contribution < 1.29 is 9.59 Å².